The number of alkyl halides is 3. The van der Waals surface area contributed by atoms with Crippen LogP contribution in [0.5, 0.6) is 0 Å². The summed E-state index contributed by atoms with van der Waals surface area (Å²) < 4.78 is 36.9. The number of allylic oxidation sites excluding steroid dienone is 2. The Labute approximate surface area is 92.6 Å². The van der Waals surface area contributed by atoms with Gasteiger partial charge in [-0.15, -0.1) is 0 Å². The van der Waals surface area contributed by atoms with Gasteiger partial charge in [0.05, 0.1) is 11.4 Å². The van der Waals surface area contributed by atoms with Gasteiger partial charge in [0.15, 0.2) is 0 Å². The van der Waals surface area contributed by atoms with E-state index in [1.807, 2.05) is 0 Å². The van der Waals surface area contributed by atoms with Gasteiger partial charge in [-0.1, -0.05) is 12.8 Å². The SMILES string of the molecule is FC(F)(F)C1=CC=C(NC2CCCC2)NC1. The van der Waals surface area contributed by atoms with Crippen molar-refractivity contribution in [1.82, 2.24) is 10.6 Å². The van der Waals surface area contributed by atoms with Gasteiger partial charge in [0, 0.05) is 12.6 Å². The average molecular weight is 232 g/mol. The molecule has 1 fully saturated rings. The highest BCUT2D eigenvalue weighted by Crippen LogP contribution is 2.26. The van der Waals surface area contributed by atoms with Gasteiger partial charge in [-0.2, -0.15) is 13.2 Å². The molecule has 16 heavy (non-hydrogen) atoms. The predicted octanol–water partition coefficient (Wildman–Crippen LogP) is 2.45. The number of hydrogen-bond donors (Lipinski definition) is 2. The Hall–Kier alpha value is -1.13. The highest BCUT2D eigenvalue weighted by Gasteiger charge is 2.34. The van der Waals surface area contributed by atoms with Gasteiger partial charge in [-0.05, 0) is 25.0 Å². The third kappa shape index (κ3) is 2.71. The first-order chi connectivity index (χ1) is 7.55. The van der Waals surface area contributed by atoms with Gasteiger partial charge >= 0.3 is 6.18 Å². The lowest BCUT2D eigenvalue weighted by Gasteiger charge is -2.22. The lowest BCUT2D eigenvalue weighted by atomic mass is 10.2. The van der Waals surface area contributed by atoms with E-state index in [4.69, 9.17) is 0 Å². The molecular weight excluding hydrogens is 217 g/mol. The fourth-order valence-electron chi connectivity index (χ4n) is 2.08. The number of hydrogen-bond acceptors (Lipinski definition) is 2. The van der Waals surface area contributed by atoms with Gasteiger partial charge in [-0.3, -0.25) is 0 Å². The van der Waals surface area contributed by atoms with Crippen molar-refractivity contribution >= 4 is 0 Å². The first kappa shape index (κ1) is 11.4. The van der Waals surface area contributed by atoms with Gasteiger partial charge in [0.1, 0.15) is 0 Å². The zero-order valence-electron chi connectivity index (χ0n) is 8.90. The molecule has 0 bridgehead atoms. The van der Waals surface area contributed by atoms with Gasteiger partial charge in [-0.25, -0.2) is 0 Å². The van der Waals surface area contributed by atoms with Crippen molar-refractivity contribution in [2.24, 2.45) is 0 Å². The van der Waals surface area contributed by atoms with Crippen molar-refractivity contribution in [3.05, 3.63) is 23.5 Å². The van der Waals surface area contributed by atoms with Crippen LogP contribution >= 0.6 is 0 Å². The number of rotatable bonds is 2. The molecule has 0 saturated heterocycles. The van der Waals surface area contributed by atoms with Crippen LogP contribution in [0.3, 0.4) is 0 Å². The van der Waals surface area contributed by atoms with E-state index in [1.54, 1.807) is 0 Å². The summed E-state index contributed by atoms with van der Waals surface area (Å²) in [6.07, 6.45) is 3.02. The molecule has 0 atom stereocenters. The third-order valence-electron chi connectivity index (χ3n) is 3.00. The lowest BCUT2D eigenvalue weighted by molar-refractivity contribution is -0.0929. The first-order valence-electron chi connectivity index (χ1n) is 5.54. The summed E-state index contributed by atoms with van der Waals surface area (Å²) in [4.78, 5) is 0. The zero-order valence-corrected chi connectivity index (χ0v) is 8.90. The van der Waals surface area contributed by atoms with Crippen LogP contribution in [0.15, 0.2) is 23.5 Å². The van der Waals surface area contributed by atoms with Crippen LogP contribution in [0, 0.1) is 0 Å². The average Bonchev–Trinajstić information content (AvgIpc) is 2.70. The van der Waals surface area contributed by atoms with E-state index >= 15 is 0 Å². The summed E-state index contributed by atoms with van der Waals surface area (Å²) in [6, 6.07) is 0.416. The second kappa shape index (κ2) is 4.39. The van der Waals surface area contributed by atoms with E-state index in [2.05, 4.69) is 10.6 Å². The molecule has 0 amide bonds. The van der Waals surface area contributed by atoms with E-state index < -0.39 is 11.7 Å². The first-order valence-corrected chi connectivity index (χ1v) is 5.54. The Kier molecular flexibility index (Phi) is 3.12. The minimum atomic E-state index is -4.22. The van der Waals surface area contributed by atoms with Gasteiger partial charge < -0.3 is 10.6 Å². The molecule has 2 aliphatic rings. The van der Waals surface area contributed by atoms with Crippen LogP contribution < -0.4 is 10.6 Å². The summed E-state index contributed by atoms with van der Waals surface area (Å²) in [5.41, 5.74) is -0.524. The monoisotopic (exact) mass is 232 g/mol. The highest BCUT2D eigenvalue weighted by molar-refractivity contribution is 5.26. The van der Waals surface area contributed by atoms with E-state index in [-0.39, 0.29) is 6.54 Å². The van der Waals surface area contributed by atoms with Crippen LogP contribution in [0.25, 0.3) is 0 Å². The van der Waals surface area contributed by atoms with E-state index in [0.29, 0.717) is 11.9 Å². The molecule has 5 heteroatoms. The minimum Gasteiger partial charge on any atom is -0.369 e. The van der Waals surface area contributed by atoms with Crippen molar-refractivity contribution in [2.45, 2.75) is 37.9 Å². The second-order valence-corrected chi connectivity index (χ2v) is 4.25. The van der Waals surface area contributed by atoms with Crippen LogP contribution in [-0.2, 0) is 0 Å². The summed E-state index contributed by atoms with van der Waals surface area (Å²) in [5.74, 6) is 0.708. The largest absolute Gasteiger partial charge is 0.414 e. The number of halogens is 3. The Balaban J connectivity index is 1.93. The molecule has 1 aliphatic carbocycles. The molecule has 2 nitrogen and oxygen atoms in total. The molecule has 0 aromatic carbocycles. The maximum absolute atomic E-state index is 12.3. The molecule has 2 N–H and O–H groups in total. The van der Waals surface area contributed by atoms with Crippen molar-refractivity contribution in [3.8, 4) is 0 Å². The van der Waals surface area contributed by atoms with E-state index in [9.17, 15) is 13.2 Å². The summed E-state index contributed by atoms with van der Waals surface area (Å²) >= 11 is 0. The topological polar surface area (TPSA) is 24.1 Å². The molecule has 1 saturated carbocycles. The smallest absolute Gasteiger partial charge is 0.369 e. The normalized spacial score (nSPS) is 22.4. The van der Waals surface area contributed by atoms with Gasteiger partial charge in [0.2, 0.25) is 0 Å². The van der Waals surface area contributed by atoms with Crippen molar-refractivity contribution in [3.63, 3.8) is 0 Å². The summed E-state index contributed by atoms with van der Waals surface area (Å²) in [6.45, 7) is -0.144. The maximum atomic E-state index is 12.3. The molecule has 0 unspecified atom stereocenters. The molecule has 1 aliphatic heterocycles. The van der Waals surface area contributed by atoms with E-state index in [0.717, 1.165) is 18.9 Å². The molecule has 0 aromatic rings. The molecule has 0 spiro atoms. The third-order valence-corrected chi connectivity index (χ3v) is 3.00. The van der Waals surface area contributed by atoms with Crippen molar-refractivity contribution < 1.29 is 13.2 Å². The van der Waals surface area contributed by atoms with Gasteiger partial charge in [0.25, 0.3) is 0 Å². The highest BCUT2D eigenvalue weighted by atomic mass is 19.4. The quantitative estimate of drug-likeness (QED) is 0.764. The van der Waals surface area contributed by atoms with Crippen molar-refractivity contribution in [2.75, 3.05) is 6.54 Å². The molecule has 0 radical (unpaired) electrons. The molecule has 90 valence electrons. The second-order valence-electron chi connectivity index (χ2n) is 4.25. The molecule has 0 aromatic heterocycles. The Morgan fingerprint density at radius 3 is 2.38 bits per heavy atom. The summed E-state index contributed by atoms with van der Waals surface area (Å²) in [7, 11) is 0. The predicted molar refractivity (Wildman–Crippen MR) is 55.6 cm³/mol. The Morgan fingerprint density at radius 2 is 1.88 bits per heavy atom. The van der Waals surface area contributed by atoms with Crippen LogP contribution in [0.1, 0.15) is 25.7 Å². The standard InChI is InChI=1S/C11H15F3N2/c12-11(13,14)8-5-6-10(15-7-8)16-9-3-1-2-4-9/h5-6,9,15-16H,1-4,7H2. The van der Waals surface area contributed by atoms with Crippen LogP contribution in [-0.4, -0.2) is 18.8 Å². The molecule has 1 heterocycles. The van der Waals surface area contributed by atoms with Crippen molar-refractivity contribution in [1.29, 1.82) is 0 Å². The maximum Gasteiger partial charge on any atom is 0.414 e. The Bertz CT molecular complexity index is 312. The number of nitrogens with one attached hydrogen (secondary N) is 2. The fraction of sp³-hybridized carbons (Fsp3) is 0.636. The lowest BCUT2D eigenvalue weighted by Crippen LogP contribution is -2.37. The molecule has 2 rings (SSSR count). The van der Waals surface area contributed by atoms with Crippen LogP contribution in [0.4, 0.5) is 13.2 Å². The molecular formula is C11H15F3N2. The minimum absolute atomic E-state index is 0.144. The van der Waals surface area contributed by atoms with E-state index in [1.165, 1.54) is 18.9 Å². The Morgan fingerprint density at radius 1 is 1.19 bits per heavy atom. The fourth-order valence-corrected chi connectivity index (χ4v) is 2.08. The number of dihydropyridines is 1. The zero-order chi connectivity index (χ0) is 11.6. The summed E-state index contributed by atoms with van der Waals surface area (Å²) in [5, 5.41) is 5.99. The van der Waals surface area contributed by atoms with Crippen LogP contribution in [0.2, 0.25) is 0 Å².